The summed E-state index contributed by atoms with van der Waals surface area (Å²) >= 11 is 2.56. The summed E-state index contributed by atoms with van der Waals surface area (Å²) in [5.74, 6) is 0. The molecule has 1 unspecified atom stereocenters. The number of likely N-dealkylation sites (N-methyl/N-ethyl adjacent to an activating group) is 1. The van der Waals surface area contributed by atoms with E-state index in [0.29, 0.717) is 0 Å². The van der Waals surface area contributed by atoms with Crippen molar-refractivity contribution in [2.24, 2.45) is 0 Å². The van der Waals surface area contributed by atoms with E-state index in [1.54, 1.807) is 13.8 Å². The van der Waals surface area contributed by atoms with Gasteiger partial charge >= 0.3 is 6.18 Å². The number of hydrogen-bond acceptors (Lipinski definition) is 2. The number of alkyl halides is 4. The molecule has 2 nitrogen and oxygen atoms in total. The molecule has 0 heterocycles. The van der Waals surface area contributed by atoms with Crippen molar-refractivity contribution in [1.29, 1.82) is 0 Å². The lowest BCUT2D eigenvalue weighted by Gasteiger charge is -2.27. The highest BCUT2D eigenvalue weighted by Crippen LogP contribution is 2.26. The minimum atomic E-state index is -4.24. The van der Waals surface area contributed by atoms with Crippen molar-refractivity contribution >= 4 is 15.9 Å². The van der Waals surface area contributed by atoms with Crippen molar-refractivity contribution in [2.45, 2.75) is 30.5 Å². The van der Waals surface area contributed by atoms with Crippen LogP contribution in [0.15, 0.2) is 0 Å². The maximum atomic E-state index is 12.1. The molecule has 0 amide bonds. The number of aliphatic hydroxyl groups is 1. The zero-order valence-corrected chi connectivity index (χ0v) is 9.98. The normalized spacial score (nSPS) is 16.1. The predicted octanol–water partition coefficient (Wildman–Crippen LogP) is 2.01. The second-order valence-electron chi connectivity index (χ2n) is 4.02. The molecule has 6 heteroatoms. The molecule has 0 saturated heterocycles. The van der Waals surface area contributed by atoms with E-state index in [1.807, 2.05) is 0 Å². The minimum absolute atomic E-state index is 0.173. The Bertz CT molecular complexity index is 178. The first kappa shape index (κ1) is 14.2. The van der Waals surface area contributed by atoms with Gasteiger partial charge in [0.1, 0.15) is 4.83 Å². The van der Waals surface area contributed by atoms with E-state index < -0.39 is 16.6 Å². The van der Waals surface area contributed by atoms with Crippen LogP contribution in [0, 0.1) is 0 Å². The van der Waals surface area contributed by atoms with E-state index in [-0.39, 0.29) is 13.1 Å². The van der Waals surface area contributed by atoms with Crippen LogP contribution in [-0.2, 0) is 0 Å². The summed E-state index contributed by atoms with van der Waals surface area (Å²) in [6.45, 7) is 3.14. The molecule has 0 aliphatic rings. The molecule has 0 aromatic heterocycles. The summed E-state index contributed by atoms with van der Waals surface area (Å²) < 4.78 is 36.3. The van der Waals surface area contributed by atoms with Crippen LogP contribution in [0.25, 0.3) is 0 Å². The number of halogens is 4. The SMILES string of the molecule is CN(CC(Br)C(F)(F)F)CC(C)(C)O. The standard InChI is InChI=1S/C8H15BrF3NO/c1-7(2,14)5-13(3)4-6(9)8(10,11)12/h6,14H,4-5H2,1-3H3. The van der Waals surface area contributed by atoms with E-state index >= 15 is 0 Å². The smallest absolute Gasteiger partial charge is 0.389 e. The molecule has 14 heavy (non-hydrogen) atoms. The first-order valence-electron chi connectivity index (χ1n) is 4.14. The number of hydrogen-bond donors (Lipinski definition) is 1. The zero-order valence-electron chi connectivity index (χ0n) is 8.40. The van der Waals surface area contributed by atoms with Gasteiger partial charge in [-0.25, -0.2) is 0 Å². The Morgan fingerprint density at radius 3 is 2.07 bits per heavy atom. The topological polar surface area (TPSA) is 23.5 Å². The lowest BCUT2D eigenvalue weighted by atomic mass is 10.1. The van der Waals surface area contributed by atoms with Gasteiger partial charge in [-0.3, -0.25) is 0 Å². The molecule has 0 aliphatic heterocycles. The van der Waals surface area contributed by atoms with Crippen molar-refractivity contribution in [2.75, 3.05) is 20.1 Å². The highest BCUT2D eigenvalue weighted by Gasteiger charge is 2.38. The Hall–Kier alpha value is 0.190. The Labute approximate surface area is 90.2 Å². The summed E-state index contributed by atoms with van der Waals surface area (Å²) in [5.41, 5.74) is -0.979. The molecular weight excluding hydrogens is 263 g/mol. The van der Waals surface area contributed by atoms with Gasteiger partial charge in [-0.2, -0.15) is 13.2 Å². The highest BCUT2D eigenvalue weighted by molar-refractivity contribution is 9.09. The van der Waals surface area contributed by atoms with Crippen molar-refractivity contribution in [3.63, 3.8) is 0 Å². The van der Waals surface area contributed by atoms with Crippen LogP contribution in [-0.4, -0.2) is 46.7 Å². The van der Waals surface area contributed by atoms with Gasteiger partial charge in [0.2, 0.25) is 0 Å². The van der Waals surface area contributed by atoms with Crippen LogP contribution in [0.5, 0.6) is 0 Å². The van der Waals surface area contributed by atoms with Crippen LogP contribution in [0.2, 0.25) is 0 Å². The maximum absolute atomic E-state index is 12.1. The molecule has 86 valence electrons. The third-order valence-corrected chi connectivity index (χ3v) is 2.29. The number of nitrogens with zero attached hydrogens (tertiary/aromatic N) is 1. The second-order valence-corrected chi connectivity index (χ2v) is 5.12. The average molecular weight is 278 g/mol. The minimum Gasteiger partial charge on any atom is -0.389 e. The summed E-state index contributed by atoms with van der Waals surface area (Å²) in [6.07, 6.45) is -4.24. The predicted molar refractivity (Wildman–Crippen MR) is 52.6 cm³/mol. The second kappa shape index (κ2) is 4.81. The first-order chi connectivity index (χ1) is 6.02. The molecule has 0 fully saturated rings. The fourth-order valence-electron chi connectivity index (χ4n) is 1.10. The molecule has 0 rings (SSSR count). The van der Waals surface area contributed by atoms with E-state index in [2.05, 4.69) is 15.9 Å². The van der Waals surface area contributed by atoms with Gasteiger partial charge < -0.3 is 10.0 Å². The third kappa shape index (κ3) is 6.62. The molecule has 0 radical (unpaired) electrons. The van der Waals surface area contributed by atoms with Crippen LogP contribution < -0.4 is 0 Å². The monoisotopic (exact) mass is 277 g/mol. The first-order valence-corrected chi connectivity index (χ1v) is 5.05. The van der Waals surface area contributed by atoms with Crippen molar-refractivity contribution in [3.05, 3.63) is 0 Å². The molecular formula is C8H15BrF3NO. The Morgan fingerprint density at radius 1 is 1.36 bits per heavy atom. The quantitative estimate of drug-likeness (QED) is 0.795. The molecule has 0 aromatic rings. The van der Waals surface area contributed by atoms with E-state index in [4.69, 9.17) is 0 Å². The van der Waals surface area contributed by atoms with Gasteiger partial charge in [-0.1, -0.05) is 15.9 Å². The van der Waals surface area contributed by atoms with Gasteiger partial charge in [0, 0.05) is 13.1 Å². The van der Waals surface area contributed by atoms with Crippen molar-refractivity contribution in [1.82, 2.24) is 4.90 Å². The van der Waals surface area contributed by atoms with Crippen LogP contribution in [0.1, 0.15) is 13.8 Å². The van der Waals surface area contributed by atoms with Gasteiger partial charge in [-0.15, -0.1) is 0 Å². The number of rotatable bonds is 4. The Balaban J connectivity index is 4.01. The van der Waals surface area contributed by atoms with Gasteiger partial charge in [0.15, 0.2) is 0 Å². The van der Waals surface area contributed by atoms with Gasteiger partial charge in [0.25, 0.3) is 0 Å². The van der Waals surface area contributed by atoms with Crippen LogP contribution in [0.3, 0.4) is 0 Å². The fourth-order valence-corrected chi connectivity index (χ4v) is 1.60. The van der Waals surface area contributed by atoms with Crippen molar-refractivity contribution in [3.8, 4) is 0 Å². The Morgan fingerprint density at radius 2 is 1.79 bits per heavy atom. The average Bonchev–Trinajstić information content (AvgIpc) is 1.79. The zero-order chi connectivity index (χ0) is 11.6. The van der Waals surface area contributed by atoms with Crippen molar-refractivity contribution < 1.29 is 18.3 Å². The highest BCUT2D eigenvalue weighted by atomic mass is 79.9. The van der Waals surface area contributed by atoms with E-state index in [0.717, 1.165) is 0 Å². The van der Waals surface area contributed by atoms with Gasteiger partial charge in [0.05, 0.1) is 5.60 Å². The van der Waals surface area contributed by atoms with Crippen LogP contribution >= 0.6 is 15.9 Å². The molecule has 0 spiro atoms. The lowest BCUT2D eigenvalue weighted by Crippen LogP contribution is -2.42. The molecule has 0 aromatic carbocycles. The summed E-state index contributed by atoms with van der Waals surface area (Å²) in [5, 5.41) is 9.37. The molecule has 1 atom stereocenters. The lowest BCUT2D eigenvalue weighted by molar-refractivity contribution is -0.131. The molecule has 0 saturated carbocycles. The largest absolute Gasteiger partial charge is 0.402 e. The molecule has 1 N–H and O–H groups in total. The molecule has 0 bridgehead atoms. The summed E-state index contributed by atoms with van der Waals surface area (Å²) in [6, 6.07) is 0. The summed E-state index contributed by atoms with van der Waals surface area (Å²) in [4.78, 5) is -0.116. The van der Waals surface area contributed by atoms with E-state index in [9.17, 15) is 18.3 Å². The Kier molecular flexibility index (Phi) is 4.87. The van der Waals surface area contributed by atoms with Gasteiger partial charge in [-0.05, 0) is 20.9 Å². The van der Waals surface area contributed by atoms with Crippen LogP contribution in [0.4, 0.5) is 13.2 Å². The third-order valence-electron chi connectivity index (χ3n) is 1.48. The van der Waals surface area contributed by atoms with E-state index in [1.165, 1.54) is 11.9 Å². The maximum Gasteiger partial charge on any atom is 0.402 e. The summed E-state index contributed by atoms with van der Waals surface area (Å²) in [7, 11) is 1.54. The fraction of sp³-hybridized carbons (Fsp3) is 1.00. The molecule has 0 aliphatic carbocycles.